The first-order chi connectivity index (χ1) is 9.75. The second-order valence-corrected chi connectivity index (χ2v) is 4.14. The van der Waals surface area contributed by atoms with Crippen LogP contribution >= 0.6 is 0 Å². The van der Waals surface area contributed by atoms with Crippen molar-refractivity contribution < 1.29 is 4.79 Å². The van der Waals surface area contributed by atoms with Gasteiger partial charge in [0.1, 0.15) is 11.4 Å². The maximum atomic E-state index is 12.2. The maximum Gasteiger partial charge on any atom is 0.272 e. The third kappa shape index (κ3) is 1.54. The first kappa shape index (κ1) is 12.4. The molecule has 0 atom stereocenters. The van der Waals surface area contributed by atoms with E-state index in [1.807, 2.05) is 32.0 Å². The SMILES string of the molecule is CC.Cc1nnc2nc3c(nn12)-c1ccccc1C3=O. The number of fused-ring (bicyclic) bond motifs is 4. The minimum Gasteiger partial charge on any atom is -0.287 e. The first-order valence-electron chi connectivity index (χ1n) is 6.50. The van der Waals surface area contributed by atoms with Gasteiger partial charge < -0.3 is 0 Å². The molecule has 3 aromatic rings. The van der Waals surface area contributed by atoms with Crippen LogP contribution in [0.25, 0.3) is 17.0 Å². The normalized spacial score (nSPS) is 11.8. The van der Waals surface area contributed by atoms with E-state index in [0.29, 0.717) is 28.6 Å². The summed E-state index contributed by atoms with van der Waals surface area (Å²) >= 11 is 0. The number of aryl methyl sites for hydroxylation is 1. The first-order valence-corrected chi connectivity index (χ1v) is 6.50. The molecule has 20 heavy (non-hydrogen) atoms. The van der Waals surface area contributed by atoms with Crippen LogP contribution in [0.5, 0.6) is 0 Å². The molecule has 0 unspecified atom stereocenters. The zero-order valence-corrected chi connectivity index (χ0v) is 11.5. The van der Waals surface area contributed by atoms with Crippen molar-refractivity contribution in [1.82, 2.24) is 24.8 Å². The van der Waals surface area contributed by atoms with Crippen molar-refractivity contribution in [2.45, 2.75) is 20.8 Å². The molecular weight excluding hydrogens is 254 g/mol. The van der Waals surface area contributed by atoms with Gasteiger partial charge in [-0.3, -0.25) is 4.79 Å². The van der Waals surface area contributed by atoms with Gasteiger partial charge in [0.05, 0.1) is 0 Å². The zero-order valence-electron chi connectivity index (χ0n) is 11.5. The summed E-state index contributed by atoms with van der Waals surface area (Å²) in [6.07, 6.45) is 0. The van der Waals surface area contributed by atoms with Crippen LogP contribution in [0.15, 0.2) is 24.3 Å². The lowest BCUT2D eigenvalue weighted by Crippen LogP contribution is -2.04. The molecule has 0 spiro atoms. The molecule has 0 N–H and O–H groups in total. The molecule has 1 aliphatic rings. The number of benzene rings is 1. The predicted octanol–water partition coefficient (Wildman–Crippen LogP) is 2.07. The Hall–Kier alpha value is -2.63. The summed E-state index contributed by atoms with van der Waals surface area (Å²) in [5.41, 5.74) is 2.42. The van der Waals surface area contributed by atoms with Crippen molar-refractivity contribution in [1.29, 1.82) is 0 Å². The summed E-state index contributed by atoms with van der Waals surface area (Å²) in [6, 6.07) is 7.38. The second kappa shape index (κ2) is 4.48. The van der Waals surface area contributed by atoms with E-state index in [2.05, 4.69) is 20.3 Å². The van der Waals surface area contributed by atoms with Crippen molar-refractivity contribution in [3.63, 3.8) is 0 Å². The highest BCUT2D eigenvalue weighted by Gasteiger charge is 2.30. The molecule has 0 saturated heterocycles. The summed E-state index contributed by atoms with van der Waals surface area (Å²) in [4.78, 5) is 16.4. The summed E-state index contributed by atoms with van der Waals surface area (Å²) in [5, 5.41) is 12.2. The Morgan fingerprint density at radius 3 is 2.45 bits per heavy atom. The topological polar surface area (TPSA) is 73.0 Å². The highest BCUT2D eigenvalue weighted by Crippen LogP contribution is 2.33. The van der Waals surface area contributed by atoms with Gasteiger partial charge in [-0.25, -0.2) is 4.98 Å². The minimum absolute atomic E-state index is 0.101. The molecule has 1 aliphatic carbocycles. The van der Waals surface area contributed by atoms with Crippen LogP contribution < -0.4 is 0 Å². The molecule has 0 amide bonds. The van der Waals surface area contributed by atoms with Gasteiger partial charge in [0.2, 0.25) is 5.78 Å². The number of hydrogen-bond donors (Lipinski definition) is 0. The molecule has 0 radical (unpaired) electrons. The number of hydrogen-bond acceptors (Lipinski definition) is 5. The third-order valence-corrected chi connectivity index (χ3v) is 3.06. The lowest BCUT2D eigenvalue weighted by Gasteiger charge is -1.98. The van der Waals surface area contributed by atoms with Crippen LogP contribution in [-0.4, -0.2) is 30.6 Å². The van der Waals surface area contributed by atoms with Gasteiger partial charge in [-0.2, -0.15) is 9.61 Å². The number of rotatable bonds is 0. The highest BCUT2D eigenvalue weighted by atomic mass is 16.1. The standard InChI is InChI=1S/C12H7N5O.C2H6/c1-6-14-15-12-13-10-9(16-17(6)12)7-4-2-3-5-8(7)11(10)18;1-2/h2-5H,1H3;1-2H3. The molecule has 6 nitrogen and oxygen atoms in total. The van der Waals surface area contributed by atoms with Crippen LogP contribution in [0.1, 0.15) is 35.7 Å². The Labute approximate surface area is 115 Å². The van der Waals surface area contributed by atoms with Crippen LogP contribution in [0.4, 0.5) is 0 Å². The van der Waals surface area contributed by atoms with Crippen LogP contribution in [-0.2, 0) is 0 Å². The second-order valence-electron chi connectivity index (χ2n) is 4.14. The number of nitrogens with zero attached hydrogens (tertiary/aromatic N) is 5. The van der Waals surface area contributed by atoms with Gasteiger partial charge in [-0.15, -0.1) is 10.2 Å². The van der Waals surface area contributed by atoms with Crippen LogP contribution in [0.3, 0.4) is 0 Å². The molecule has 0 bridgehead atoms. The molecule has 2 heterocycles. The van der Waals surface area contributed by atoms with Crippen LogP contribution in [0, 0.1) is 6.92 Å². The van der Waals surface area contributed by atoms with E-state index in [4.69, 9.17) is 0 Å². The van der Waals surface area contributed by atoms with E-state index >= 15 is 0 Å². The molecule has 2 aromatic heterocycles. The average molecular weight is 267 g/mol. The predicted molar refractivity (Wildman–Crippen MR) is 73.5 cm³/mol. The number of aromatic nitrogens is 5. The smallest absolute Gasteiger partial charge is 0.272 e. The molecule has 100 valence electrons. The van der Waals surface area contributed by atoms with E-state index in [1.54, 1.807) is 17.5 Å². The molecule has 1 aromatic carbocycles. The third-order valence-electron chi connectivity index (χ3n) is 3.06. The molecule has 0 fully saturated rings. The fourth-order valence-electron chi connectivity index (χ4n) is 2.19. The lowest BCUT2D eigenvalue weighted by molar-refractivity contribution is 0.103. The Bertz CT molecular complexity index is 822. The summed E-state index contributed by atoms with van der Waals surface area (Å²) in [5.74, 6) is 0.904. The Morgan fingerprint density at radius 1 is 1.00 bits per heavy atom. The van der Waals surface area contributed by atoms with Gasteiger partial charge in [0, 0.05) is 11.1 Å². The largest absolute Gasteiger partial charge is 0.287 e. The van der Waals surface area contributed by atoms with Crippen molar-refractivity contribution in [2.75, 3.05) is 0 Å². The van der Waals surface area contributed by atoms with E-state index in [9.17, 15) is 4.79 Å². The Balaban J connectivity index is 0.000000581. The number of carbonyl (C=O) groups is 1. The van der Waals surface area contributed by atoms with Gasteiger partial charge in [-0.05, 0) is 6.92 Å². The van der Waals surface area contributed by atoms with E-state index < -0.39 is 0 Å². The molecule has 0 aliphatic heterocycles. The fourth-order valence-corrected chi connectivity index (χ4v) is 2.19. The lowest BCUT2D eigenvalue weighted by atomic mass is 10.1. The van der Waals surface area contributed by atoms with Crippen LogP contribution in [0.2, 0.25) is 0 Å². The zero-order chi connectivity index (χ0) is 14.3. The summed E-state index contributed by atoms with van der Waals surface area (Å²) in [7, 11) is 0. The molecule has 6 heteroatoms. The number of carbonyl (C=O) groups excluding carboxylic acids is 1. The molecule has 4 rings (SSSR count). The van der Waals surface area contributed by atoms with Gasteiger partial charge >= 0.3 is 0 Å². The van der Waals surface area contributed by atoms with E-state index in [1.165, 1.54) is 0 Å². The molecule has 0 saturated carbocycles. The number of ketones is 1. The van der Waals surface area contributed by atoms with Gasteiger partial charge in [-0.1, -0.05) is 38.1 Å². The monoisotopic (exact) mass is 267 g/mol. The van der Waals surface area contributed by atoms with Gasteiger partial charge in [0.25, 0.3) is 5.78 Å². The fraction of sp³-hybridized carbons (Fsp3) is 0.214. The summed E-state index contributed by atoms with van der Waals surface area (Å²) in [6.45, 7) is 5.80. The van der Waals surface area contributed by atoms with Crippen molar-refractivity contribution >= 4 is 11.6 Å². The minimum atomic E-state index is -0.101. The molecular formula is C14H13N5O. The maximum absolute atomic E-state index is 12.2. The Morgan fingerprint density at radius 2 is 1.70 bits per heavy atom. The Kier molecular flexibility index (Phi) is 2.78. The van der Waals surface area contributed by atoms with Crippen molar-refractivity contribution in [2.24, 2.45) is 0 Å². The quantitative estimate of drug-likeness (QED) is 0.487. The average Bonchev–Trinajstić information content (AvgIpc) is 3.00. The highest BCUT2D eigenvalue weighted by molar-refractivity contribution is 6.19. The van der Waals surface area contributed by atoms with Gasteiger partial charge in [0.15, 0.2) is 5.82 Å². The summed E-state index contributed by atoms with van der Waals surface area (Å²) < 4.78 is 1.55. The van der Waals surface area contributed by atoms with E-state index in [-0.39, 0.29) is 5.78 Å². The van der Waals surface area contributed by atoms with Crippen molar-refractivity contribution in [3.05, 3.63) is 41.3 Å². The van der Waals surface area contributed by atoms with Crippen molar-refractivity contribution in [3.8, 4) is 11.3 Å². The van der Waals surface area contributed by atoms with E-state index in [0.717, 1.165) is 5.56 Å².